The Kier molecular flexibility index (Phi) is 6.93. The fourth-order valence-electron chi connectivity index (χ4n) is 3.60. The standard InChI is InChI=1S/C25H31N3O2/c1-17(2)14-24(21-10-12-23(30-5)13-11-21)26-25(29)22-8-6-20(7-9-22)16-28-19(4)15-18(3)27-28/h6-13,15,17,24H,14,16H2,1-5H3,(H,26,29). The smallest absolute Gasteiger partial charge is 0.251 e. The van der Waals surface area contributed by atoms with Crippen molar-refractivity contribution in [3.63, 3.8) is 0 Å². The van der Waals surface area contributed by atoms with Gasteiger partial charge in [-0.1, -0.05) is 38.1 Å². The van der Waals surface area contributed by atoms with E-state index >= 15 is 0 Å². The summed E-state index contributed by atoms with van der Waals surface area (Å²) in [7, 11) is 1.65. The van der Waals surface area contributed by atoms with Crippen molar-refractivity contribution in [1.82, 2.24) is 15.1 Å². The molecule has 0 aliphatic heterocycles. The van der Waals surface area contributed by atoms with Gasteiger partial charge in [0.05, 0.1) is 25.4 Å². The molecule has 0 spiro atoms. The van der Waals surface area contributed by atoms with Crippen LogP contribution in [-0.4, -0.2) is 22.8 Å². The molecule has 0 saturated heterocycles. The lowest BCUT2D eigenvalue weighted by molar-refractivity contribution is 0.0932. The molecule has 0 aliphatic carbocycles. The number of aromatic nitrogens is 2. The van der Waals surface area contributed by atoms with Crippen molar-refractivity contribution < 1.29 is 9.53 Å². The van der Waals surface area contributed by atoms with E-state index in [4.69, 9.17) is 4.74 Å². The minimum absolute atomic E-state index is 0.0437. The largest absolute Gasteiger partial charge is 0.497 e. The summed E-state index contributed by atoms with van der Waals surface area (Å²) in [6.45, 7) is 9.07. The molecule has 0 fully saturated rings. The van der Waals surface area contributed by atoms with Gasteiger partial charge in [-0.3, -0.25) is 9.48 Å². The van der Waals surface area contributed by atoms with E-state index in [0.29, 0.717) is 18.0 Å². The zero-order valence-corrected chi connectivity index (χ0v) is 18.5. The molecule has 3 rings (SSSR count). The first kappa shape index (κ1) is 21.6. The minimum Gasteiger partial charge on any atom is -0.497 e. The third-order valence-electron chi connectivity index (χ3n) is 5.18. The van der Waals surface area contributed by atoms with Crippen LogP contribution < -0.4 is 10.1 Å². The highest BCUT2D eigenvalue weighted by molar-refractivity contribution is 5.94. The second-order valence-corrected chi connectivity index (χ2v) is 8.21. The lowest BCUT2D eigenvalue weighted by Crippen LogP contribution is -2.29. The first-order chi connectivity index (χ1) is 14.4. The van der Waals surface area contributed by atoms with Crippen molar-refractivity contribution in [1.29, 1.82) is 0 Å². The van der Waals surface area contributed by atoms with Crippen molar-refractivity contribution >= 4 is 5.91 Å². The molecule has 1 unspecified atom stereocenters. The Balaban J connectivity index is 1.70. The van der Waals surface area contributed by atoms with E-state index < -0.39 is 0 Å². The van der Waals surface area contributed by atoms with Gasteiger partial charge < -0.3 is 10.1 Å². The minimum atomic E-state index is -0.0610. The summed E-state index contributed by atoms with van der Waals surface area (Å²) in [6.07, 6.45) is 0.869. The van der Waals surface area contributed by atoms with Crippen LogP contribution in [0, 0.1) is 19.8 Å². The van der Waals surface area contributed by atoms with E-state index in [0.717, 1.165) is 34.7 Å². The van der Waals surface area contributed by atoms with Gasteiger partial charge in [-0.2, -0.15) is 5.10 Å². The van der Waals surface area contributed by atoms with Crippen LogP contribution in [0.25, 0.3) is 0 Å². The number of hydrogen-bond acceptors (Lipinski definition) is 3. The quantitative estimate of drug-likeness (QED) is 0.569. The monoisotopic (exact) mass is 405 g/mol. The number of ether oxygens (including phenoxy) is 1. The number of amides is 1. The predicted molar refractivity (Wildman–Crippen MR) is 120 cm³/mol. The number of nitrogens with one attached hydrogen (secondary N) is 1. The normalized spacial score (nSPS) is 12.1. The van der Waals surface area contributed by atoms with Crippen molar-refractivity contribution in [2.45, 2.75) is 46.7 Å². The van der Waals surface area contributed by atoms with Gasteiger partial charge >= 0.3 is 0 Å². The van der Waals surface area contributed by atoms with Gasteiger partial charge in [0.15, 0.2) is 0 Å². The molecule has 1 atom stereocenters. The molecule has 30 heavy (non-hydrogen) atoms. The number of methoxy groups -OCH3 is 1. The maximum absolute atomic E-state index is 12.9. The van der Waals surface area contributed by atoms with Crippen LogP contribution in [0.4, 0.5) is 0 Å². The molecule has 0 aliphatic rings. The molecule has 5 nitrogen and oxygen atoms in total. The second-order valence-electron chi connectivity index (χ2n) is 8.21. The van der Waals surface area contributed by atoms with E-state index in [9.17, 15) is 4.79 Å². The molecule has 1 aromatic heterocycles. The maximum Gasteiger partial charge on any atom is 0.251 e. The number of carbonyl (C=O) groups excluding carboxylic acids is 1. The van der Waals surface area contributed by atoms with Crippen LogP contribution in [0.1, 0.15) is 59.2 Å². The Labute approximate surface area is 179 Å². The van der Waals surface area contributed by atoms with E-state index in [1.165, 1.54) is 0 Å². The topological polar surface area (TPSA) is 56.1 Å². The third kappa shape index (κ3) is 5.50. The van der Waals surface area contributed by atoms with Crippen LogP contribution in [0.5, 0.6) is 5.75 Å². The molecule has 158 valence electrons. The highest BCUT2D eigenvalue weighted by atomic mass is 16.5. The van der Waals surface area contributed by atoms with Crippen LogP contribution >= 0.6 is 0 Å². The van der Waals surface area contributed by atoms with E-state index in [2.05, 4.69) is 37.3 Å². The number of hydrogen-bond donors (Lipinski definition) is 1. The third-order valence-corrected chi connectivity index (χ3v) is 5.18. The van der Waals surface area contributed by atoms with E-state index in [1.807, 2.05) is 60.1 Å². The summed E-state index contributed by atoms with van der Waals surface area (Å²) in [5, 5.41) is 7.71. The molecule has 0 saturated carbocycles. The van der Waals surface area contributed by atoms with Gasteiger partial charge in [-0.05, 0) is 67.6 Å². The summed E-state index contributed by atoms with van der Waals surface area (Å²) in [5.41, 5.74) is 5.00. The summed E-state index contributed by atoms with van der Waals surface area (Å²) < 4.78 is 7.23. The first-order valence-electron chi connectivity index (χ1n) is 10.4. The van der Waals surface area contributed by atoms with E-state index in [1.54, 1.807) is 7.11 Å². The molecule has 1 heterocycles. The van der Waals surface area contributed by atoms with Crippen molar-refractivity contribution in [3.05, 3.63) is 82.7 Å². The number of carbonyl (C=O) groups is 1. The van der Waals surface area contributed by atoms with Crippen LogP contribution in [0.15, 0.2) is 54.6 Å². The molecule has 1 amide bonds. The van der Waals surface area contributed by atoms with Crippen LogP contribution in [-0.2, 0) is 6.54 Å². The van der Waals surface area contributed by atoms with Gasteiger partial charge in [0.2, 0.25) is 0 Å². The van der Waals surface area contributed by atoms with E-state index in [-0.39, 0.29) is 11.9 Å². The fourth-order valence-corrected chi connectivity index (χ4v) is 3.60. The van der Waals surface area contributed by atoms with Gasteiger partial charge in [0.25, 0.3) is 5.91 Å². The SMILES string of the molecule is COc1ccc(C(CC(C)C)NC(=O)c2ccc(Cn3nc(C)cc3C)cc2)cc1. The fraction of sp³-hybridized carbons (Fsp3) is 0.360. The maximum atomic E-state index is 12.9. The lowest BCUT2D eigenvalue weighted by Gasteiger charge is -2.21. The van der Waals surface area contributed by atoms with Gasteiger partial charge in [-0.15, -0.1) is 0 Å². The second kappa shape index (κ2) is 9.61. The van der Waals surface area contributed by atoms with Gasteiger partial charge in [0, 0.05) is 11.3 Å². The number of rotatable bonds is 8. The summed E-state index contributed by atoms with van der Waals surface area (Å²) in [6, 6.07) is 17.7. The molecule has 1 N–H and O–H groups in total. The highest BCUT2D eigenvalue weighted by Crippen LogP contribution is 2.24. The lowest BCUT2D eigenvalue weighted by atomic mass is 9.96. The zero-order chi connectivity index (χ0) is 21.7. The number of aryl methyl sites for hydroxylation is 2. The number of benzene rings is 2. The molecule has 0 radical (unpaired) electrons. The predicted octanol–water partition coefficient (Wildman–Crippen LogP) is 5.07. The molecule has 2 aromatic carbocycles. The summed E-state index contributed by atoms with van der Waals surface area (Å²) >= 11 is 0. The van der Waals surface area contributed by atoms with Gasteiger partial charge in [-0.25, -0.2) is 0 Å². The number of nitrogens with zero attached hydrogens (tertiary/aromatic N) is 2. The molecule has 5 heteroatoms. The van der Waals surface area contributed by atoms with Crippen LogP contribution in [0.2, 0.25) is 0 Å². The van der Waals surface area contributed by atoms with Crippen molar-refractivity contribution in [2.75, 3.05) is 7.11 Å². The average molecular weight is 406 g/mol. The van der Waals surface area contributed by atoms with Crippen LogP contribution in [0.3, 0.4) is 0 Å². The molecular formula is C25H31N3O2. The van der Waals surface area contributed by atoms with Crippen molar-refractivity contribution in [3.8, 4) is 5.75 Å². The Morgan fingerprint density at radius 3 is 2.27 bits per heavy atom. The van der Waals surface area contributed by atoms with Crippen molar-refractivity contribution in [2.24, 2.45) is 5.92 Å². The summed E-state index contributed by atoms with van der Waals surface area (Å²) in [5.74, 6) is 1.21. The zero-order valence-electron chi connectivity index (χ0n) is 18.5. The Bertz CT molecular complexity index is 973. The molecule has 0 bridgehead atoms. The summed E-state index contributed by atoms with van der Waals surface area (Å²) in [4.78, 5) is 12.9. The average Bonchev–Trinajstić information content (AvgIpc) is 3.04. The Hall–Kier alpha value is -3.08. The first-order valence-corrected chi connectivity index (χ1v) is 10.4. The van der Waals surface area contributed by atoms with Gasteiger partial charge in [0.1, 0.15) is 5.75 Å². The highest BCUT2D eigenvalue weighted by Gasteiger charge is 2.17. The molecular weight excluding hydrogens is 374 g/mol. The Morgan fingerprint density at radius 1 is 1.07 bits per heavy atom. The Morgan fingerprint density at radius 2 is 1.73 bits per heavy atom. The molecule has 3 aromatic rings.